The van der Waals surface area contributed by atoms with Crippen molar-refractivity contribution < 1.29 is 18.5 Å². The molecule has 2 heterocycles. The molecule has 1 aromatic rings. The van der Waals surface area contributed by atoms with Gasteiger partial charge in [0.25, 0.3) is 0 Å². The molecule has 0 N–H and O–H groups in total. The van der Waals surface area contributed by atoms with Crippen LogP contribution in [-0.4, -0.2) is 42.2 Å². The van der Waals surface area contributed by atoms with Crippen molar-refractivity contribution in [1.82, 2.24) is 4.90 Å². The Kier molecular flexibility index (Phi) is 4.47. The van der Waals surface area contributed by atoms with Gasteiger partial charge in [0.05, 0.1) is 17.6 Å². The minimum atomic E-state index is -0.590. The van der Waals surface area contributed by atoms with Crippen molar-refractivity contribution in [2.75, 3.05) is 13.1 Å². The van der Waals surface area contributed by atoms with Crippen molar-refractivity contribution >= 4 is 18.5 Å². The first-order valence-electron chi connectivity index (χ1n) is 8.61. The highest BCUT2D eigenvalue weighted by Crippen LogP contribution is 2.36. The van der Waals surface area contributed by atoms with Gasteiger partial charge in [-0.3, -0.25) is 4.79 Å². The first kappa shape index (κ1) is 17.4. The topological polar surface area (TPSA) is 38.8 Å². The van der Waals surface area contributed by atoms with Crippen LogP contribution in [0.3, 0.4) is 0 Å². The van der Waals surface area contributed by atoms with Gasteiger partial charge < -0.3 is 14.2 Å². The van der Waals surface area contributed by atoms with Crippen LogP contribution in [0.25, 0.3) is 0 Å². The monoisotopic (exact) mass is 333 g/mol. The highest BCUT2D eigenvalue weighted by molar-refractivity contribution is 6.62. The number of carbonyl (C=O) groups excluding carboxylic acids is 1. The van der Waals surface area contributed by atoms with Crippen molar-refractivity contribution in [3.63, 3.8) is 0 Å². The van der Waals surface area contributed by atoms with Gasteiger partial charge in [0.2, 0.25) is 5.91 Å². The summed E-state index contributed by atoms with van der Waals surface area (Å²) < 4.78 is 26.3. The van der Waals surface area contributed by atoms with Crippen LogP contribution in [0.4, 0.5) is 4.39 Å². The second kappa shape index (κ2) is 6.15. The second-order valence-electron chi connectivity index (χ2n) is 7.70. The minimum Gasteiger partial charge on any atom is -0.399 e. The summed E-state index contributed by atoms with van der Waals surface area (Å²) in [6.45, 7) is 9.43. The lowest BCUT2D eigenvalue weighted by Crippen LogP contribution is -2.41. The lowest BCUT2D eigenvalue weighted by molar-refractivity contribution is -0.129. The summed E-state index contributed by atoms with van der Waals surface area (Å²) in [4.78, 5) is 14.0. The number of rotatable bonds is 3. The Morgan fingerprint density at radius 2 is 1.75 bits per heavy atom. The summed E-state index contributed by atoms with van der Waals surface area (Å²) in [5.41, 5.74) is 0.146. The van der Waals surface area contributed by atoms with Gasteiger partial charge in [-0.1, -0.05) is 12.1 Å². The number of benzene rings is 1. The molecule has 130 valence electrons. The van der Waals surface area contributed by atoms with E-state index in [1.165, 1.54) is 6.07 Å². The third-order valence-corrected chi connectivity index (χ3v) is 5.40. The summed E-state index contributed by atoms with van der Waals surface area (Å²) in [6.07, 6.45) is 2.18. The number of amides is 1. The molecule has 2 aliphatic heterocycles. The fraction of sp³-hybridized carbons (Fsp3) is 0.611. The van der Waals surface area contributed by atoms with Crippen LogP contribution >= 0.6 is 0 Å². The third kappa shape index (κ3) is 3.22. The summed E-state index contributed by atoms with van der Waals surface area (Å²) in [7, 11) is -0.590. The maximum atomic E-state index is 14.5. The van der Waals surface area contributed by atoms with Gasteiger partial charge in [0.15, 0.2) is 0 Å². The van der Waals surface area contributed by atoms with Gasteiger partial charge >= 0.3 is 7.12 Å². The predicted octanol–water partition coefficient (Wildman–Crippen LogP) is 2.29. The fourth-order valence-corrected chi connectivity index (χ4v) is 3.07. The van der Waals surface area contributed by atoms with Crippen LogP contribution in [0, 0.1) is 5.82 Å². The molecule has 6 heteroatoms. The zero-order valence-corrected chi connectivity index (χ0v) is 14.9. The molecule has 0 atom stereocenters. The van der Waals surface area contributed by atoms with Gasteiger partial charge in [-0.2, -0.15) is 0 Å². The molecule has 0 saturated carbocycles. The normalized spacial score (nSPS) is 22.2. The van der Waals surface area contributed by atoms with Crippen molar-refractivity contribution in [3.8, 4) is 0 Å². The lowest BCUT2D eigenvalue weighted by Gasteiger charge is -2.32. The molecule has 0 unspecified atom stereocenters. The SMILES string of the molecule is CC1(C)OB(c2ccc(CC(=O)N3CCCC3)c(F)c2)OC1(C)C. The maximum Gasteiger partial charge on any atom is 0.494 e. The number of halogens is 1. The standard InChI is InChI=1S/C18H25BFNO3/c1-17(2)18(3,4)24-19(23-17)14-8-7-13(15(20)12-14)11-16(22)21-9-5-6-10-21/h7-8,12H,5-6,9-11H2,1-4H3. The molecule has 1 aromatic carbocycles. The summed E-state index contributed by atoms with van der Waals surface area (Å²) in [6, 6.07) is 4.89. The van der Waals surface area contributed by atoms with E-state index in [1.807, 2.05) is 32.6 Å². The smallest absolute Gasteiger partial charge is 0.399 e. The van der Waals surface area contributed by atoms with Crippen LogP contribution in [0.5, 0.6) is 0 Å². The average Bonchev–Trinajstić information content (AvgIpc) is 3.08. The average molecular weight is 333 g/mol. The van der Waals surface area contributed by atoms with E-state index in [-0.39, 0.29) is 18.1 Å². The maximum absolute atomic E-state index is 14.5. The Morgan fingerprint density at radius 3 is 2.29 bits per heavy atom. The van der Waals surface area contributed by atoms with Crippen LogP contribution in [0.2, 0.25) is 0 Å². The van der Waals surface area contributed by atoms with E-state index >= 15 is 0 Å². The minimum absolute atomic E-state index is 0.00483. The molecule has 2 aliphatic rings. The molecular weight excluding hydrogens is 308 g/mol. The number of hydrogen-bond donors (Lipinski definition) is 0. The largest absolute Gasteiger partial charge is 0.494 e. The quantitative estimate of drug-likeness (QED) is 0.797. The van der Waals surface area contributed by atoms with Crippen LogP contribution in [-0.2, 0) is 20.5 Å². The summed E-state index contributed by atoms with van der Waals surface area (Å²) >= 11 is 0. The van der Waals surface area contributed by atoms with Gasteiger partial charge in [0, 0.05) is 13.1 Å². The molecule has 2 saturated heterocycles. The van der Waals surface area contributed by atoms with Crippen molar-refractivity contribution in [3.05, 3.63) is 29.6 Å². The molecule has 0 bridgehead atoms. The first-order valence-corrected chi connectivity index (χ1v) is 8.61. The highest BCUT2D eigenvalue weighted by Gasteiger charge is 2.51. The van der Waals surface area contributed by atoms with Crippen LogP contribution in [0.1, 0.15) is 46.1 Å². The predicted molar refractivity (Wildman–Crippen MR) is 91.6 cm³/mol. The number of likely N-dealkylation sites (tertiary alicyclic amines) is 1. The summed E-state index contributed by atoms with van der Waals surface area (Å²) in [5, 5.41) is 0. The van der Waals surface area contributed by atoms with E-state index in [4.69, 9.17) is 9.31 Å². The fourth-order valence-electron chi connectivity index (χ4n) is 3.07. The number of hydrogen-bond acceptors (Lipinski definition) is 3. The van der Waals surface area contributed by atoms with E-state index < -0.39 is 18.3 Å². The molecule has 0 spiro atoms. The van der Waals surface area contributed by atoms with E-state index in [2.05, 4.69) is 0 Å². The third-order valence-electron chi connectivity index (χ3n) is 5.40. The zero-order valence-electron chi connectivity index (χ0n) is 14.9. The zero-order chi connectivity index (χ0) is 17.5. The van der Waals surface area contributed by atoms with Crippen molar-refractivity contribution in [1.29, 1.82) is 0 Å². The first-order chi connectivity index (χ1) is 11.2. The second-order valence-corrected chi connectivity index (χ2v) is 7.70. The molecule has 3 rings (SSSR count). The van der Waals surface area contributed by atoms with Crippen LogP contribution < -0.4 is 5.46 Å². The van der Waals surface area contributed by atoms with E-state index in [1.54, 1.807) is 12.1 Å². The molecule has 0 aliphatic carbocycles. The lowest BCUT2D eigenvalue weighted by atomic mass is 9.78. The molecular formula is C18H25BFNO3. The molecule has 0 aromatic heterocycles. The van der Waals surface area contributed by atoms with E-state index in [0.29, 0.717) is 11.0 Å². The van der Waals surface area contributed by atoms with Crippen molar-refractivity contribution in [2.45, 2.75) is 58.2 Å². The van der Waals surface area contributed by atoms with Gasteiger partial charge in [-0.15, -0.1) is 0 Å². The van der Waals surface area contributed by atoms with Gasteiger partial charge in [-0.05, 0) is 57.6 Å². The molecule has 2 fully saturated rings. The molecule has 4 nitrogen and oxygen atoms in total. The van der Waals surface area contributed by atoms with E-state index in [9.17, 15) is 9.18 Å². The Labute approximate surface area is 143 Å². The highest BCUT2D eigenvalue weighted by atomic mass is 19.1. The molecule has 1 amide bonds. The molecule has 24 heavy (non-hydrogen) atoms. The molecule has 0 radical (unpaired) electrons. The summed E-state index contributed by atoms with van der Waals surface area (Å²) in [5.74, 6) is -0.385. The Bertz CT molecular complexity index is 625. The Hall–Kier alpha value is -1.40. The Morgan fingerprint density at radius 1 is 1.17 bits per heavy atom. The number of nitrogens with zero attached hydrogens (tertiary/aromatic N) is 1. The van der Waals surface area contributed by atoms with Gasteiger partial charge in [-0.25, -0.2) is 4.39 Å². The van der Waals surface area contributed by atoms with Gasteiger partial charge in [0.1, 0.15) is 5.82 Å². The van der Waals surface area contributed by atoms with Crippen molar-refractivity contribution in [2.24, 2.45) is 0 Å². The van der Waals surface area contributed by atoms with E-state index in [0.717, 1.165) is 25.9 Å². The number of carbonyl (C=O) groups is 1. The Balaban J connectivity index is 1.72. The van der Waals surface area contributed by atoms with Crippen LogP contribution in [0.15, 0.2) is 18.2 Å².